The van der Waals surface area contributed by atoms with Gasteiger partial charge in [0.15, 0.2) is 5.11 Å². The number of aromatic nitrogens is 1. The largest absolute Gasteiger partial charge is 0.465 e. The molecule has 4 aromatic rings. The van der Waals surface area contributed by atoms with Crippen molar-refractivity contribution in [1.82, 2.24) is 15.4 Å². The van der Waals surface area contributed by atoms with Gasteiger partial charge < -0.3 is 14.6 Å². The number of rotatable bonds is 3. The first-order valence-electron chi connectivity index (χ1n) is 9.11. The van der Waals surface area contributed by atoms with Crippen LogP contribution in [-0.2, 0) is 11.8 Å². The van der Waals surface area contributed by atoms with E-state index in [2.05, 4.69) is 16.2 Å². The predicted octanol–water partition coefficient (Wildman–Crippen LogP) is 4.46. The number of carbonyl (C=O) groups is 2. The van der Waals surface area contributed by atoms with Crippen LogP contribution < -0.4 is 16.2 Å². The lowest BCUT2D eigenvalue weighted by atomic mass is 10.2. The maximum absolute atomic E-state index is 12.6. The van der Waals surface area contributed by atoms with E-state index in [-0.39, 0.29) is 11.0 Å². The first kappa shape index (κ1) is 21.1. The van der Waals surface area contributed by atoms with Crippen LogP contribution in [0, 0.1) is 0 Å². The fourth-order valence-corrected chi connectivity index (χ4v) is 4.87. The van der Waals surface area contributed by atoms with Gasteiger partial charge in [-0.2, -0.15) is 0 Å². The van der Waals surface area contributed by atoms with E-state index in [1.165, 1.54) is 18.4 Å². The lowest BCUT2D eigenvalue weighted by Crippen LogP contribution is -2.43. The van der Waals surface area contributed by atoms with Crippen molar-refractivity contribution in [2.75, 3.05) is 12.4 Å². The van der Waals surface area contributed by atoms with E-state index in [0.717, 1.165) is 21.0 Å². The Kier molecular flexibility index (Phi) is 5.81. The fourth-order valence-electron chi connectivity index (χ4n) is 3.23. The van der Waals surface area contributed by atoms with E-state index < -0.39 is 5.97 Å². The Morgan fingerprint density at radius 3 is 2.68 bits per heavy atom. The number of amides is 1. The maximum atomic E-state index is 12.6. The van der Waals surface area contributed by atoms with Gasteiger partial charge in [-0.3, -0.25) is 15.6 Å². The molecule has 2 heterocycles. The van der Waals surface area contributed by atoms with Gasteiger partial charge in [0, 0.05) is 39.9 Å². The van der Waals surface area contributed by atoms with Gasteiger partial charge in [0.1, 0.15) is 4.88 Å². The Morgan fingerprint density at radius 1 is 1.13 bits per heavy atom. The summed E-state index contributed by atoms with van der Waals surface area (Å²) in [5.74, 6) is -0.779. The van der Waals surface area contributed by atoms with Crippen molar-refractivity contribution in [3.63, 3.8) is 0 Å². The highest BCUT2D eigenvalue weighted by molar-refractivity contribution is 7.80. The molecule has 3 N–H and O–H groups in total. The summed E-state index contributed by atoms with van der Waals surface area (Å²) in [4.78, 5) is 24.8. The number of hydrogen-bond donors (Lipinski definition) is 3. The standard InChI is InChI=1S/C21H17ClN4O3S2/c1-26-10-14(12-5-3-4-6-15(12)26)19(27)24-25-21(30)23-11-7-8-13-16(9-11)31-18(17(13)22)20(28)29-2/h3-10H,1-2H3,(H,24,27)(H2,23,25,30). The van der Waals surface area contributed by atoms with Crippen molar-refractivity contribution >= 4 is 78.8 Å². The van der Waals surface area contributed by atoms with Crippen LogP contribution >= 0.6 is 35.2 Å². The number of thiophene rings is 1. The average Bonchev–Trinajstić information content (AvgIpc) is 3.28. The number of hydrazine groups is 1. The van der Waals surface area contributed by atoms with Crippen molar-refractivity contribution in [2.24, 2.45) is 7.05 Å². The van der Waals surface area contributed by atoms with Crippen LogP contribution in [0.3, 0.4) is 0 Å². The monoisotopic (exact) mass is 472 g/mol. The smallest absolute Gasteiger partial charge is 0.349 e. The van der Waals surface area contributed by atoms with Crippen LogP contribution in [0.4, 0.5) is 5.69 Å². The first-order valence-corrected chi connectivity index (χ1v) is 10.7. The molecular formula is C21H17ClN4O3S2. The number of nitrogens with one attached hydrogen (secondary N) is 3. The molecule has 31 heavy (non-hydrogen) atoms. The van der Waals surface area contributed by atoms with Crippen molar-refractivity contribution in [3.05, 3.63) is 64.1 Å². The summed E-state index contributed by atoms with van der Waals surface area (Å²) in [5, 5.41) is 5.18. The second kappa shape index (κ2) is 8.54. The number of hydrogen-bond acceptors (Lipinski definition) is 5. The molecule has 0 bridgehead atoms. The topological polar surface area (TPSA) is 84.4 Å². The van der Waals surface area contributed by atoms with Crippen molar-refractivity contribution in [2.45, 2.75) is 0 Å². The van der Waals surface area contributed by atoms with Gasteiger partial charge >= 0.3 is 5.97 Å². The minimum absolute atomic E-state index is 0.212. The Bertz CT molecular complexity index is 1350. The third-order valence-corrected chi connectivity index (χ3v) is 6.53. The predicted molar refractivity (Wildman–Crippen MR) is 128 cm³/mol. The van der Waals surface area contributed by atoms with Crippen LogP contribution in [-0.4, -0.2) is 28.7 Å². The molecule has 0 fully saturated rings. The molecule has 0 spiro atoms. The van der Waals surface area contributed by atoms with Crippen LogP contribution in [0.5, 0.6) is 0 Å². The minimum Gasteiger partial charge on any atom is -0.465 e. The van der Waals surface area contributed by atoms with E-state index in [1.54, 1.807) is 18.3 Å². The van der Waals surface area contributed by atoms with Gasteiger partial charge in [-0.15, -0.1) is 11.3 Å². The van der Waals surface area contributed by atoms with Crippen molar-refractivity contribution < 1.29 is 14.3 Å². The number of para-hydroxylation sites is 1. The molecule has 0 aliphatic rings. The van der Waals surface area contributed by atoms with Crippen LogP contribution in [0.15, 0.2) is 48.7 Å². The van der Waals surface area contributed by atoms with E-state index in [9.17, 15) is 9.59 Å². The summed E-state index contributed by atoms with van der Waals surface area (Å²) in [5.41, 5.74) is 7.50. The Hall–Kier alpha value is -3.14. The van der Waals surface area contributed by atoms with Gasteiger partial charge in [0.05, 0.1) is 17.7 Å². The second-order valence-electron chi connectivity index (χ2n) is 6.65. The molecule has 7 nitrogen and oxygen atoms in total. The van der Waals surface area contributed by atoms with Crippen LogP contribution in [0.1, 0.15) is 20.0 Å². The first-order chi connectivity index (χ1) is 14.9. The molecule has 0 aliphatic heterocycles. The number of benzene rings is 2. The van der Waals surface area contributed by atoms with E-state index in [1.807, 2.05) is 41.9 Å². The highest BCUT2D eigenvalue weighted by atomic mass is 35.5. The summed E-state index contributed by atoms with van der Waals surface area (Å²) in [6, 6.07) is 13.0. The number of aryl methyl sites for hydroxylation is 1. The highest BCUT2D eigenvalue weighted by Gasteiger charge is 2.18. The lowest BCUT2D eigenvalue weighted by Gasteiger charge is -2.11. The van der Waals surface area contributed by atoms with Crippen LogP contribution in [0.2, 0.25) is 5.02 Å². The number of thiocarbonyl (C=S) groups is 1. The Labute approximate surface area is 191 Å². The normalized spacial score (nSPS) is 10.8. The molecule has 0 saturated heterocycles. The number of methoxy groups -OCH3 is 1. The minimum atomic E-state index is -0.478. The van der Waals surface area contributed by atoms with E-state index >= 15 is 0 Å². The Balaban J connectivity index is 1.44. The number of esters is 1. The van der Waals surface area contributed by atoms with E-state index in [4.69, 9.17) is 28.6 Å². The number of nitrogens with zero attached hydrogens (tertiary/aromatic N) is 1. The van der Waals surface area contributed by atoms with Gasteiger partial charge in [0.25, 0.3) is 5.91 Å². The quantitative estimate of drug-likeness (QED) is 0.232. The zero-order valence-electron chi connectivity index (χ0n) is 16.5. The lowest BCUT2D eigenvalue weighted by molar-refractivity contribution is 0.0606. The van der Waals surface area contributed by atoms with E-state index in [0.29, 0.717) is 21.2 Å². The van der Waals surface area contributed by atoms with Gasteiger partial charge in [-0.25, -0.2) is 4.79 Å². The summed E-state index contributed by atoms with van der Waals surface area (Å²) < 4.78 is 7.46. The van der Waals surface area contributed by atoms with Gasteiger partial charge in [-0.05, 0) is 36.5 Å². The fraction of sp³-hybridized carbons (Fsp3) is 0.0952. The summed E-state index contributed by atoms with van der Waals surface area (Å²) in [6.07, 6.45) is 1.77. The molecule has 1 amide bonds. The molecule has 0 radical (unpaired) electrons. The average molecular weight is 473 g/mol. The molecule has 4 rings (SSSR count). The van der Waals surface area contributed by atoms with Crippen molar-refractivity contribution in [3.8, 4) is 0 Å². The third-order valence-electron chi connectivity index (χ3n) is 4.69. The number of ether oxygens (including phenoxy) is 1. The third kappa shape index (κ3) is 4.07. The summed E-state index contributed by atoms with van der Waals surface area (Å²) in [6.45, 7) is 0. The molecule has 158 valence electrons. The molecular weight excluding hydrogens is 456 g/mol. The summed E-state index contributed by atoms with van der Waals surface area (Å²) >= 11 is 12.8. The van der Waals surface area contributed by atoms with Crippen LogP contribution in [0.25, 0.3) is 21.0 Å². The number of carbonyl (C=O) groups excluding carboxylic acids is 2. The molecule has 0 aliphatic carbocycles. The zero-order chi connectivity index (χ0) is 22.1. The molecule has 2 aromatic carbocycles. The zero-order valence-corrected chi connectivity index (χ0v) is 18.9. The maximum Gasteiger partial charge on any atom is 0.349 e. The molecule has 0 atom stereocenters. The number of anilines is 1. The Morgan fingerprint density at radius 2 is 1.90 bits per heavy atom. The molecule has 2 aromatic heterocycles. The highest BCUT2D eigenvalue weighted by Crippen LogP contribution is 2.37. The molecule has 0 unspecified atom stereocenters. The summed E-state index contributed by atoms with van der Waals surface area (Å²) in [7, 11) is 3.20. The number of fused-ring (bicyclic) bond motifs is 2. The van der Waals surface area contributed by atoms with Gasteiger partial charge in [-0.1, -0.05) is 29.8 Å². The number of halogens is 1. The molecule has 0 saturated carbocycles. The SMILES string of the molecule is COC(=O)c1sc2cc(NC(=S)NNC(=O)c3cn(C)c4ccccc34)ccc2c1Cl. The molecule has 10 heteroatoms. The van der Waals surface area contributed by atoms with Gasteiger partial charge in [0.2, 0.25) is 0 Å². The second-order valence-corrected chi connectivity index (χ2v) is 8.49. The van der Waals surface area contributed by atoms with Crippen molar-refractivity contribution in [1.29, 1.82) is 0 Å².